The molecule has 0 aromatic heterocycles. The van der Waals surface area contributed by atoms with Gasteiger partial charge in [0, 0.05) is 45.3 Å². The quantitative estimate of drug-likeness (QED) is 0.583. The van der Waals surface area contributed by atoms with Crippen LogP contribution in [0.1, 0.15) is 10.4 Å². The number of rotatable bonds is 5. The number of carbonyl (C=O) groups is 3. The Bertz CT molecular complexity index is 908. The molecule has 8 heteroatoms. The molecule has 4 aliphatic rings. The maximum atomic E-state index is 12.4. The van der Waals surface area contributed by atoms with Gasteiger partial charge in [-0.05, 0) is 12.1 Å². The van der Waals surface area contributed by atoms with Gasteiger partial charge in [0.15, 0.2) is 0 Å². The molecule has 0 unspecified atom stereocenters. The third-order valence-electron chi connectivity index (χ3n) is 4.83. The van der Waals surface area contributed by atoms with Gasteiger partial charge in [-0.15, -0.1) is 0 Å². The first-order valence-electron chi connectivity index (χ1n) is 9.17. The van der Waals surface area contributed by atoms with Crippen molar-refractivity contribution in [1.29, 1.82) is 0 Å². The van der Waals surface area contributed by atoms with E-state index in [0.717, 1.165) is 39.3 Å². The van der Waals surface area contributed by atoms with Gasteiger partial charge in [0.05, 0.1) is 12.8 Å². The number of benzene rings is 1. The van der Waals surface area contributed by atoms with E-state index in [0.29, 0.717) is 22.8 Å². The third kappa shape index (κ3) is 3.58. The summed E-state index contributed by atoms with van der Waals surface area (Å²) in [4.78, 5) is 41.0. The van der Waals surface area contributed by atoms with Crippen LogP contribution < -0.4 is 4.74 Å². The van der Waals surface area contributed by atoms with Gasteiger partial charge in [-0.3, -0.25) is 9.59 Å². The molecular formula is C20H21N3O5. The van der Waals surface area contributed by atoms with Crippen LogP contribution in [0, 0.1) is 0 Å². The Hall–Kier alpha value is -3.29. The van der Waals surface area contributed by atoms with E-state index < -0.39 is 5.97 Å². The number of ketones is 2. The van der Waals surface area contributed by atoms with Crippen LogP contribution >= 0.6 is 0 Å². The van der Waals surface area contributed by atoms with Crippen molar-refractivity contribution in [3.8, 4) is 5.75 Å². The van der Waals surface area contributed by atoms with Crippen molar-refractivity contribution in [2.45, 2.75) is 0 Å². The van der Waals surface area contributed by atoms with Gasteiger partial charge < -0.3 is 24.5 Å². The molecule has 0 spiro atoms. The molecule has 8 nitrogen and oxygen atoms in total. The summed E-state index contributed by atoms with van der Waals surface area (Å²) in [6.45, 7) is 5.41. The molecule has 1 N–H and O–H groups in total. The van der Waals surface area contributed by atoms with Crippen molar-refractivity contribution in [3.63, 3.8) is 0 Å². The average molecular weight is 383 g/mol. The molecule has 0 amide bonds. The number of allylic oxidation sites excluding steroid dienone is 1. The van der Waals surface area contributed by atoms with Crippen molar-refractivity contribution >= 4 is 17.5 Å². The maximum Gasteiger partial charge on any atom is 0.339 e. The zero-order chi connectivity index (χ0) is 19.8. The Labute approximate surface area is 162 Å². The summed E-state index contributed by atoms with van der Waals surface area (Å²) in [5.41, 5.74) is 2.08. The zero-order valence-corrected chi connectivity index (χ0v) is 15.6. The lowest BCUT2D eigenvalue weighted by molar-refractivity contribution is -0.117. The fraction of sp³-hybridized carbons (Fsp3) is 0.350. The van der Waals surface area contributed by atoms with Gasteiger partial charge in [0.1, 0.15) is 22.7 Å². The first-order chi connectivity index (χ1) is 13.5. The van der Waals surface area contributed by atoms with Gasteiger partial charge in [-0.25, -0.2) is 4.79 Å². The summed E-state index contributed by atoms with van der Waals surface area (Å²) in [5.74, 6) is -0.533. The first kappa shape index (κ1) is 18.1. The Kier molecular flexibility index (Phi) is 4.54. The van der Waals surface area contributed by atoms with Crippen LogP contribution in [0.2, 0.25) is 0 Å². The van der Waals surface area contributed by atoms with Crippen molar-refractivity contribution in [2.75, 3.05) is 46.4 Å². The second-order valence-corrected chi connectivity index (χ2v) is 6.89. The minimum atomic E-state index is -0.970. The predicted molar refractivity (Wildman–Crippen MR) is 99.8 cm³/mol. The van der Waals surface area contributed by atoms with Crippen LogP contribution in [-0.4, -0.2) is 83.7 Å². The van der Waals surface area contributed by atoms with Crippen molar-refractivity contribution < 1.29 is 24.2 Å². The van der Waals surface area contributed by atoms with Gasteiger partial charge in [0.25, 0.3) is 0 Å². The molecule has 3 heterocycles. The summed E-state index contributed by atoms with van der Waals surface area (Å²) < 4.78 is 4.83. The predicted octanol–water partition coefficient (Wildman–Crippen LogP) is 0.574. The van der Waals surface area contributed by atoms with E-state index in [4.69, 9.17) is 9.84 Å². The Morgan fingerprint density at radius 3 is 2.00 bits per heavy atom. The highest BCUT2D eigenvalue weighted by Gasteiger charge is 2.43. The smallest absolute Gasteiger partial charge is 0.339 e. The Morgan fingerprint density at radius 2 is 1.50 bits per heavy atom. The Morgan fingerprint density at radius 1 is 0.929 bits per heavy atom. The van der Waals surface area contributed by atoms with Crippen LogP contribution in [0.4, 0.5) is 0 Å². The molecule has 0 radical (unpaired) electrons. The first-order valence-corrected chi connectivity index (χ1v) is 9.17. The molecule has 0 saturated carbocycles. The normalized spacial score (nSPS) is 19.8. The number of methoxy groups -OCH3 is 1. The number of carbonyl (C=O) groups excluding carboxylic acids is 2. The lowest BCUT2D eigenvalue weighted by Crippen LogP contribution is -2.29. The average Bonchev–Trinajstić information content (AvgIpc) is 3.55. The van der Waals surface area contributed by atoms with Gasteiger partial charge in [-0.2, -0.15) is 0 Å². The lowest BCUT2D eigenvalue weighted by Gasteiger charge is -2.21. The van der Waals surface area contributed by atoms with Crippen molar-refractivity contribution in [2.24, 2.45) is 0 Å². The fourth-order valence-electron chi connectivity index (χ4n) is 3.10. The maximum absolute atomic E-state index is 12.4. The monoisotopic (exact) mass is 383 g/mol. The van der Waals surface area contributed by atoms with E-state index >= 15 is 0 Å². The molecule has 1 aromatic rings. The molecule has 0 bridgehead atoms. The summed E-state index contributed by atoms with van der Waals surface area (Å²) in [5, 5.41) is 8.62. The van der Waals surface area contributed by atoms with Crippen molar-refractivity contribution in [1.82, 2.24) is 14.7 Å². The largest absolute Gasteiger partial charge is 0.496 e. The number of nitrogens with zero attached hydrogens (tertiary/aromatic N) is 3. The molecule has 28 heavy (non-hydrogen) atoms. The number of carboxylic acids is 1. The number of para-hydroxylation sites is 1. The van der Waals surface area contributed by atoms with E-state index in [-0.39, 0.29) is 17.1 Å². The highest BCUT2D eigenvalue weighted by Crippen LogP contribution is 2.33. The Balaban J connectivity index is 0.000000153. The molecular weight excluding hydrogens is 362 g/mol. The van der Waals surface area contributed by atoms with Gasteiger partial charge >= 0.3 is 5.97 Å². The van der Waals surface area contributed by atoms with Crippen molar-refractivity contribution in [3.05, 3.63) is 53.0 Å². The van der Waals surface area contributed by atoms with Gasteiger partial charge in [-0.1, -0.05) is 12.1 Å². The highest BCUT2D eigenvalue weighted by atomic mass is 16.5. The number of ether oxygens (including phenoxy) is 1. The molecule has 3 saturated heterocycles. The SMILES string of the molecule is COc1ccccc1C(=O)O.O=C1C=C(N2CC2)C(=O)C(N2CC2)=C1N1CC1. The minimum absolute atomic E-state index is 0.00546. The topological polar surface area (TPSA) is 89.7 Å². The van der Waals surface area contributed by atoms with Gasteiger partial charge in [0.2, 0.25) is 11.6 Å². The lowest BCUT2D eigenvalue weighted by atomic mass is 10.0. The number of hydrogen-bond acceptors (Lipinski definition) is 7. The molecule has 1 aliphatic carbocycles. The van der Waals surface area contributed by atoms with E-state index in [1.54, 1.807) is 18.2 Å². The molecule has 146 valence electrons. The summed E-state index contributed by atoms with van der Waals surface area (Å²) in [7, 11) is 1.45. The summed E-state index contributed by atoms with van der Waals surface area (Å²) in [6.07, 6.45) is 1.52. The van der Waals surface area contributed by atoms with E-state index in [1.807, 2.05) is 14.7 Å². The van der Waals surface area contributed by atoms with E-state index in [9.17, 15) is 14.4 Å². The standard InChI is InChI=1S/C12H13N3O2.C8H8O3/c16-9-7-8(13-1-2-13)12(17)11(15-5-6-15)10(9)14-3-4-14;1-11-7-5-3-2-4-6(7)8(9)10/h7H,1-6H2;2-5H,1H3,(H,9,10). The zero-order valence-electron chi connectivity index (χ0n) is 15.6. The number of carboxylic acid groups (broad SMARTS) is 1. The fourth-order valence-corrected chi connectivity index (χ4v) is 3.10. The molecule has 5 rings (SSSR count). The number of hydrogen-bond donors (Lipinski definition) is 1. The second-order valence-electron chi connectivity index (χ2n) is 6.89. The van der Waals surface area contributed by atoms with Crippen LogP contribution in [0.25, 0.3) is 0 Å². The number of aromatic carboxylic acids is 1. The van der Waals surface area contributed by atoms with E-state index in [1.165, 1.54) is 19.3 Å². The van der Waals surface area contributed by atoms with Crippen LogP contribution in [-0.2, 0) is 9.59 Å². The molecule has 0 atom stereocenters. The highest BCUT2D eigenvalue weighted by molar-refractivity contribution is 6.22. The minimum Gasteiger partial charge on any atom is -0.496 e. The third-order valence-corrected chi connectivity index (χ3v) is 4.83. The second kappa shape index (κ2) is 7.03. The van der Waals surface area contributed by atoms with E-state index in [2.05, 4.69) is 0 Å². The molecule has 1 aromatic carbocycles. The summed E-state index contributed by atoms with van der Waals surface area (Å²) >= 11 is 0. The van der Waals surface area contributed by atoms with Crippen LogP contribution in [0.15, 0.2) is 47.4 Å². The van der Waals surface area contributed by atoms with Crippen LogP contribution in [0.5, 0.6) is 5.75 Å². The molecule has 3 aliphatic heterocycles. The summed E-state index contributed by atoms with van der Waals surface area (Å²) in [6, 6.07) is 6.50. The number of Topliss-reactive ketones (excluding diaryl/α,β-unsaturated/α-hetero) is 1. The van der Waals surface area contributed by atoms with Crippen LogP contribution in [0.3, 0.4) is 0 Å². The molecule has 3 fully saturated rings.